The second-order valence-electron chi connectivity index (χ2n) is 9.27. The number of rotatable bonds is 7. The Morgan fingerprint density at radius 1 is 1.24 bits per heavy atom. The van der Waals surface area contributed by atoms with E-state index in [1.54, 1.807) is 28.2 Å². The fourth-order valence-corrected chi connectivity index (χ4v) is 4.95. The molecule has 4 rings (SSSR count). The minimum Gasteiger partial charge on any atom is -0.467 e. The molecular weight excluding hydrogens is 432 g/mol. The SMILES string of the molecule is CCN1C(=O)NC(c2ccc(C)cc2C)C2=C1CN(C(C(=O)NCc1ccco1)C(C)C)C2=O. The van der Waals surface area contributed by atoms with Crippen molar-refractivity contribution < 1.29 is 18.8 Å². The Kier molecular flexibility index (Phi) is 6.50. The Balaban J connectivity index is 1.66. The summed E-state index contributed by atoms with van der Waals surface area (Å²) in [6.07, 6.45) is 1.56. The maximum Gasteiger partial charge on any atom is 0.322 e. The minimum absolute atomic E-state index is 0.125. The highest BCUT2D eigenvalue weighted by Crippen LogP contribution is 2.38. The van der Waals surface area contributed by atoms with Gasteiger partial charge in [0.25, 0.3) is 5.91 Å². The van der Waals surface area contributed by atoms with Gasteiger partial charge in [0.05, 0.1) is 36.7 Å². The first-order valence-electron chi connectivity index (χ1n) is 11.7. The number of likely N-dealkylation sites (N-methyl/N-ethyl adjacent to an activating group) is 1. The van der Waals surface area contributed by atoms with Crippen LogP contribution in [0.1, 0.15) is 49.3 Å². The molecule has 3 heterocycles. The van der Waals surface area contributed by atoms with Crippen LogP contribution in [0.4, 0.5) is 4.79 Å². The van der Waals surface area contributed by atoms with Crippen molar-refractivity contribution in [3.63, 3.8) is 0 Å². The van der Waals surface area contributed by atoms with Gasteiger partial charge in [-0.25, -0.2) is 4.79 Å². The van der Waals surface area contributed by atoms with Crippen molar-refractivity contribution in [2.45, 2.75) is 53.2 Å². The molecule has 2 aliphatic rings. The van der Waals surface area contributed by atoms with E-state index in [1.165, 1.54) is 0 Å². The number of aryl methyl sites for hydroxylation is 2. The number of carbonyl (C=O) groups excluding carboxylic acids is 3. The summed E-state index contributed by atoms with van der Waals surface area (Å²) in [4.78, 5) is 43.2. The lowest BCUT2D eigenvalue weighted by molar-refractivity contribution is -0.138. The van der Waals surface area contributed by atoms with E-state index in [1.807, 2.05) is 52.8 Å². The zero-order valence-electron chi connectivity index (χ0n) is 20.3. The molecule has 8 nitrogen and oxygen atoms in total. The maximum atomic E-state index is 13.8. The van der Waals surface area contributed by atoms with Gasteiger partial charge in [-0.15, -0.1) is 0 Å². The Morgan fingerprint density at radius 3 is 2.62 bits per heavy atom. The van der Waals surface area contributed by atoms with Gasteiger partial charge in [0, 0.05) is 6.54 Å². The summed E-state index contributed by atoms with van der Waals surface area (Å²) in [5, 5.41) is 5.92. The highest BCUT2D eigenvalue weighted by Gasteiger charge is 2.47. The average molecular weight is 465 g/mol. The van der Waals surface area contributed by atoms with Crippen molar-refractivity contribution in [1.82, 2.24) is 20.4 Å². The molecule has 8 heteroatoms. The van der Waals surface area contributed by atoms with Crippen molar-refractivity contribution in [3.8, 4) is 0 Å². The third-order valence-corrected chi connectivity index (χ3v) is 6.56. The highest BCUT2D eigenvalue weighted by atomic mass is 16.3. The van der Waals surface area contributed by atoms with Crippen LogP contribution in [-0.4, -0.2) is 46.8 Å². The van der Waals surface area contributed by atoms with Crippen LogP contribution in [0.2, 0.25) is 0 Å². The maximum absolute atomic E-state index is 13.8. The van der Waals surface area contributed by atoms with Crippen LogP contribution >= 0.6 is 0 Å². The van der Waals surface area contributed by atoms with Crippen molar-refractivity contribution >= 4 is 17.8 Å². The fourth-order valence-electron chi connectivity index (χ4n) is 4.95. The van der Waals surface area contributed by atoms with Gasteiger partial charge in [0.15, 0.2) is 0 Å². The third-order valence-electron chi connectivity index (χ3n) is 6.56. The van der Waals surface area contributed by atoms with Gasteiger partial charge >= 0.3 is 6.03 Å². The molecule has 0 radical (unpaired) electrons. The van der Waals surface area contributed by atoms with Gasteiger partial charge in [-0.2, -0.15) is 0 Å². The van der Waals surface area contributed by atoms with E-state index in [9.17, 15) is 14.4 Å². The van der Waals surface area contributed by atoms with Gasteiger partial charge in [-0.3, -0.25) is 14.5 Å². The smallest absolute Gasteiger partial charge is 0.322 e. The zero-order valence-corrected chi connectivity index (χ0v) is 20.3. The van der Waals surface area contributed by atoms with E-state index < -0.39 is 12.1 Å². The number of hydrogen-bond donors (Lipinski definition) is 2. The summed E-state index contributed by atoms with van der Waals surface area (Å²) in [7, 11) is 0. The molecule has 2 aliphatic heterocycles. The molecule has 1 aromatic heterocycles. The number of nitrogens with one attached hydrogen (secondary N) is 2. The molecular formula is C26H32N4O4. The van der Waals surface area contributed by atoms with E-state index in [0.717, 1.165) is 16.7 Å². The lowest BCUT2D eigenvalue weighted by atomic mass is 9.91. The van der Waals surface area contributed by atoms with Gasteiger partial charge in [0.1, 0.15) is 11.8 Å². The quantitative estimate of drug-likeness (QED) is 0.656. The number of carbonyl (C=O) groups is 3. The van der Waals surface area contributed by atoms with Crippen LogP contribution in [-0.2, 0) is 16.1 Å². The molecule has 1 aromatic carbocycles. The molecule has 4 amide bonds. The van der Waals surface area contributed by atoms with Crippen LogP contribution in [0.5, 0.6) is 0 Å². The molecule has 2 aromatic rings. The number of nitrogens with zero attached hydrogens (tertiary/aromatic N) is 2. The predicted molar refractivity (Wildman–Crippen MR) is 127 cm³/mol. The Bertz CT molecular complexity index is 1140. The molecule has 0 saturated carbocycles. The van der Waals surface area contributed by atoms with Crippen LogP contribution in [0.25, 0.3) is 0 Å². The summed E-state index contributed by atoms with van der Waals surface area (Å²) in [6.45, 7) is 10.6. The molecule has 2 unspecified atom stereocenters. The summed E-state index contributed by atoms with van der Waals surface area (Å²) < 4.78 is 5.32. The van der Waals surface area contributed by atoms with Gasteiger partial charge in [-0.05, 0) is 49.9 Å². The largest absolute Gasteiger partial charge is 0.467 e. The van der Waals surface area contributed by atoms with Gasteiger partial charge in [-0.1, -0.05) is 37.6 Å². The lowest BCUT2D eigenvalue weighted by Gasteiger charge is -2.33. The molecule has 0 fully saturated rings. The van der Waals surface area contributed by atoms with Crippen LogP contribution in [0.3, 0.4) is 0 Å². The predicted octanol–water partition coefficient (Wildman–Crippen LogP) is 3.42. The number of benzene rings is 1. The van der Waals surface area contributed by atoms with E-state index in [0.29, 0.717) is 23.6 Å². The van der Waals surface area contributed by atoms with Gasteiger partial charge < -0.3 is 20.0 Å². The van der Waals surface area contributed by atoms with E-state index in [2.05, 4.69) is 10.6 Å². The Labute approximate surface area is 200 Å². The summed E-state index contributed by atoms with van der Waals surface area (Å²) in [6, 6.07) is 8.08. The first-order valence-corrected chi connectivity index (χ1v) is 11.7. The highest BCUT2D eigenvalue weighted by molar-refractivity contribution is 6.03. The van der Waals surface area contributed by atoms with E-state index >= 15 is 0 Å². The second-order valence-corrected chi connectivity index (χ2v) is 9.27. The summed E-state index contributed by atoms with van der Waals surface area (Å²) >= 11 is 0. The number of urea groups is 1. The standard InChI is InChI=1S/C26H32N4O4/c1-6-29-20-14-30(23(15(2)3)24(31)27-13-18-8-7-11-34-18)25(32)21(20)22(28-26(29)33)19-10-9-16(4)12-17(19)5/h7-12,15,22-23H,6,13-14H2,1-5H3,(H,27,31)(H,28,33). The normalized spacial score (nSPS) is 18.9. The molecule has 0 bridgehead atoms. The minimum atomic E-state index is -0.679. The molecule has 0 saturated heterocycles. The second kappa shape index (κ2) is 9.37. The Morgan fingerprint density at radius 2 is 2.00 bits per heavy atom. The first-order chi connectivity index (χ1) is 16.2. The van der Waals surface area contributed by atoms with Crippen LogP contribution in [0, 0.1) is 19.8 Å². The van der Waals surface area contributed by atoms with Crippen molar-refractivity contribution in [2.75, 3.05) is 13.1 Å². The molecule has 34 heavy (non-hydrogen) atoms. The molecule has 0 spiro atoms. The molecule has 180 valence electrons. The Hall–Kier alpha value is -3.55. The summed E-state index contributed by atoms with van der Waals surface area (Å²) in [5.74, 6) is 0.0540. The third kappa shape index (κ3) is 4.20. The monoisotopic (exact) mass is 464 g/mol. The number of hydrogen-bond acceptors (Lipinski definition) is 4. The summed E-state index contributed by atoms with van der Waals surface area (Å²) in [5.41, 5.74) is 4.22. The van der Waals surface area contributed by atoms with Gasteiger partial charge in [0.2, 0.25) is 5.91 Å². The zero-order chi connectivity index (χ0) is 24.6. The number of furan rings is 1. The van der Waals surface area contributed by atoms with Crippen molar-refractivity contribution in [1.29, 1.82) is 0 Å². The van der Waals surface area contributed by atoms with E-state index in [-0.39, 0.29) is 36.9 Å². The van der Waals surface area contributed by atoms with E-state index in [4.69, 9.17) is 4.42 Å². The number of amides is 4. The average Bonchev–Trinajstić information content (AvgIpc) is 3.41. The van der Waals surface area contributed by atoms with Crippen LogP contribution in [0.15, 0.2) is 52.3 Å². The molecule has 0 aliphatic carbocycles. The topological polar surface area (TPSA) is 94.9 Å². The first kappa shape index (κ1) is 23.6. The van der Waals surface area contributed by atoms with Crippen LogP contribution < -0.4 is 10.6 Å². The fraction of sp³-hybridized carbons (Fsp3) is 0.423. The van der Waals surface area contributed by atoms with Crippen molar-refractivity contribution in [2.24, 2.45) is 5.92 Å². The lowest BCUT2D eigenvalue weighted by Crippen LogP contribution is -2.51. The molecule has 2 atom stereocenters. The molecule has 2 N–H and O–H groups in total. The van der Waals surface area contributed by atoms with Crippen molar-refractivity contribution in [3.05, 3.63) is 70.3 Å².